The van der Waals surface area contributed by atoms with Crippen LogP contribution in [0, 0.1) is 6.92 Å². The summed E-state index contributed by atoms with van der Waals surface area (Å²) in [6.07, 6.45) is 2.86. The third-order valence-electron chi connectivity index (χ3n) is 4.72. The number of halogens is 1. The number of carbonyl (C=O) groups excluding carboxylic acids is 1. The maximum Gasteiger partial charge on any atom is 0.415 e. The van der Waals surface area contributed by atoms with Crippen LogP contribution < -0.4 is 15.4 Å². The number of pyridine rings is 1. The maximum atomic E-state index is 12.8. The molecule has 1 aromatic carbocycles. The number of amides is 1. The normalized spacial score (nSPS) is 13.7. The number of carbonyl (C=O) groups is 1. The highest BCUT2D eigenvalue weighted by Crippen LogP contribution is 2.41. The molecule has 0 spiro atoms. The van der Waals surface area contributed by atoms with Gasteiger partial charge in [0, 0.05) is 28.9 Å². The molecule has 3 aromatic rings. The zero-order valence-electron chi connectivity index (χ0n) is 17.2. The van der Waals surface area contributed by atoms with Crippen molar-refractivity contribution in [1.82, 2.24) is 15.0 Å². The van der Waals surface area contributed by atoms with Crippen LogP contribution in [0.15, 0.2) is 24.5 Å². The van der Waals surface area contributed by atoms with Crippen LogP contribution in [0.4, 0.5) is 16.4 Å². The molecule has 2 aromatic heterocycles. The molecule has 0 saturated heterocycles. The average Bonchev–Trinajstić information content (AvgIpc) is 2.67. The first-order chi connectivity index (χ1) is 14.2. The monoisotopic (exact) mass is 427 g/mol. The quantitative estimate of drug-likeness (QED) is 0.614. The fraction of sp³-hybridized carbons (Fsp3) is 0.333. The number of benzene rings is 1. The van der Waals surface area contributed by atoms with Gasteiger partial charge in [0.2, 0.25) is 11.8 Å². The zero-order chi connectivity index (χ0) is 21.6. The number of anilines is 2. The summed E-state index contributed by atoms with van der Waals surface area (Å²) in [7, 11) is 0. The second-order valence-electron chi connectivity index (χ2n) is 8.02. The number of hydrogen-bond acceptors (Lipinski definition) is 7. The number of aromatic nitrogens is 3. The SMILES string of the molecule is Cc1c(-c2ccc(Cl)c3cnc(N)nc23)cnc2c1N(C(=O)OC(C)(C)C)CCO2. The van der Waals surface area contributed by atoms with Crippen molar-refractivity contribution in [2.75, 3.05) is 23.8 Å². The zero-order valence-corrected chi connectivity index (χ0v) is 17.9. The second-order valence-corrected chi connectivity index (χ2v) is 8.42. The molecule has 4 rings (SSSR count). The Bertz CT molecular complexity index is 1160. The number of nitrogens with zero attached hydrogens (tertiary/aromatic N) is 4. The van der Waals surface area contributed by atoms with Crippen LogP contribution in [0.1, 0.15) is 26.3 Å². The van der Waals surface area contributed by atoms with E-state index < -0.39 is 11.7 Å². The fourth-order valence-electron chi connectivity index (χ4n) is 3.43. The summed E-state index contributed by atoms with van der Waals surface area (Å²) < 4.78 is 11.3. The molecule has 0 aliphatic carbocycles. The third-order valence-corrected chi connectivity index (χ3v) is 5.05. The standard InChI is InChI=1S/C21H22ClN5O3/c1-11-13(12-5-6-15(22)14-10-25-19(23)26-16(12)14)9-24-18-17(11)27(7-8-29-18)20(28)30-21(2,3)4/h5-6,9-10H,7-8H2,1-4H3,(H2,23,25,26). The van der Waals surface area contributed by atoms with Gasteiger partial charge in [0.1, 0.15) is 17.9 Å². The first-order valence-electron chi connectivity index (χ1n) is 9.50. The lowest BCUT2D eigenvalue weighted by atomic mass is 9.98. The first-order valence-corrected chi connectivity index (χ1v) is 9.87. The molecule has 0 radical (unpaired) electrons. The molecule has 30 heavy (non-hydrogen) atoms. The highest BCUT2D eigenvalue weighted by molar-refractivity contribution is 6.35. The minimum absolute atomic E-state index is 0.147. The molecule has 0 atom stereocenters. The van der Waals surface area contributed by atoms with Gasteiger partial charge < -0.3 is 15.2 Å². The Labute approximate surface area is 179 Å². The van der Waals surface area contributed by atoms with E-state index in [1.165, 1.54) is 0 Å². The number of nitrogens with two attached hydrogens (primary N) is 1. The highest BCUT2D eigenvalue weighted by atomic mass is 35.5. The van der Waals surface area contributed by atoms with Gasteiger partial charge in [0.05, 0.1) is 17.1 Å². The predicted octanol–water partition coefficient (Wildman–Crippen LogP) is 4.37. The Kier molecular flexibility index (Phi) is 4.89. The molecule has 9 heteroatoms. The van der Waals surface area contributed by atoms with E-state index in [1.807, 2.05) is 33.8 Å². The molecule has 1 aliphatic heterocycles. The highest BCUT2D eigenvalue weighted by Gasteiger charge is 2.31. The Morgan fingerprint density at radius 3 is 2.73 bits per heavy atom. The summed E-state index contributed by atoms with van der Waals surface area (Å²) in [6, 6.07) is 3.63. The number of hydrogen-bond donors (Lipinski definition) is 1. The molecule has 8 nitrogen and oxygen atoms in total. The first kappa shape index (κ1) is 20.2. The molecule has 0 fully saturated rings. The second kappa shape index (κ2) is 7.28. The van der Waals surface area contributed by atoms with Crippen molar-refractivity contribution in [3.05, 3.63) is 35.1 Å². The van der Waals surface area contributed by atoms with Crippen molar-refractivity contribution in [1.29, 1.82) is 0 Å². The van der Waals surface area contributed by atoms with Crippen molar-refractivity contribution in [3.8, 4) is 17.0 Å². The van der Waals surface area contributed by atoms with Crippen LogP contribution in [0.25, 0.3) is 22.0 Å². The predicted molar refractivity (Wildman–Crippen MR) is 116 cm³/mol. The van der Waals surface area contributed by atoms with Crippen LogP contribution in [-0.4, -0.2) is 39.8 Å². The molecule has 1 amide bonds. The fourth-order valence-corrected chi connectivity index (χ4v) is 3.63. The summed E-state index contributed by atoms with van der Waals surface area (Å²) >= 11 is 6.32. The van der Waals surface area contributed by atoms with Gasteiger partial charge in [-0.3, -0.25) is 4.90 Å². The molecule has 0 unspecified atom stereocenters. The molecule has 0 bridgehead atoms. The third kappa shape index (κ3) is 3.59. The Balaban J connectivity index is 1.88. The van der Waals surface area contributed by atoms with E-state index >= 15 is 0 Å². The smallest absolute Gasteiger partial charge is 0.415 e. The summed E-state index contributed by atoms with van der Waals surface area (Å²) in [5, 5.41) is 1.21. The summed E-state index contributed by atoms with van der Waals surface area (Å²) in [4.78, 5) is 27.3. The van der Waals surface area contributed by atoms with Crippen LogP contribution in [0.2, 0.25) is 5.02 Å². The Morgan fingerprint density at radius 1 is 1.23 bits per heavy atom. The number of fused-ring (bicyclic) bond motifs is 2. The summed E-state index contributed by atoms with van der Waals surface area (Å²) in [5.41, 5.74) is 8.78. The van der Waals surface area contributed by atoms with Crippen molar-refractivity contribution in [2.45, 2.75) is 33.3 Å². The lowest BCUT2D eigenvalue weighted by Gasteiger charge is -2.32. The average molecular weight is 428 g/mol. The van der Waals surface area contributed by atoms with Crippen LogP contribution in [-0.2, 0) is 4.74 Å². The minimum atomic E-state index is -0.616. The van der Waals surface area contributed by atoms with Crippen LogP contribution in [0.5, 0.6) is 5.88 Å². The lowest BCUT2D eigenvalue weighted by Crippen LogP contribution is -2.42. The summed E-state index contributed by atoms with van der Waals surface area (Å²) in [6.45, 7) is 8.11. The Morgan fingerprint density at radius 2 is 2.00 bits per heavy atom. The lowest BCUT2D eigenvalue weighted by molar-refractivity contribution is 0.0566. The minimum Gasteiger partial charge on any atom is -0.474 e. The van der Waals surface area contributed by atoms with E-state index in [0.29, 0.717) is 40.6 Å². The topological polar surface area (TPSA) is 103 Å². The van der Waals surface area contributed by atoms with Gasteiger partial charge in [0.25, 0.3) is 0 Å². The van der Waals surface area contributed by atoms with Gasteiger partial charge in [-0.25, -0.2) is 19.7 Å². The van der Waals surface area contributed by atoms with Gasteiger partial charge in [-0.2, -0.15) is 0 Å². The van der Waals surface area contributed by atoms with Gasteiger partial charge in [-0.1, -0.05) is 17.7 Å². The molecule has 156 valence electrons. The molecular weight excluding hydrogens is 406 g/mol. The number of ether oxygens (including phenoxy) is 2. The van der Waals surface area contributed by atoms with Crippen molar-refractivity contribution < 1.29 is 14.3 Å². The van der Waals surface area contributed by atoms with E-state index in [0.717, 1.165) is 16.7 Å². The van der Waals surface area contributed by atoms with Crippen molar-refractivity contribution in [3.63, 3.8) is 0 Å². The van der Waals surface area contributed by atoms with Crippen LogP contribution >= 0.6 is 11.6 Å². The van der Waals surface area contributed by atoms with E-state index in [-0.39, 0.29) is 5.95 Å². The molecule has 0 saturated carbocycles. The maximum absolute atomic E-state index is 12.8. The van der Waals surface area contributed by atoms with E-state index in [9.17, 15) is 4.79 Å². The molecule has 1 aliphatic rings. The van der Waals surface area contributed by atoms with E-state index in [4.69, 9.17) is 26.8 Å². The number of nitrogen functional groups attached to an aromatic ring is 1. The van der Waals surface area contributed by atoms with Gasteiger partial charge in [-0.05, 0) is 39.3 Å². The van der Waals surface area contributed by atoms with Crippen molar-refractivity contribution in [2.24, 2.45) is 0 Å². The largest absolute Gasteiger partial charge is 0.474 e. The Hall–Kier alpha value is -3.13. The van der Waals surface area contributed by atoms with Gasteiger partial charge in [0.15, 0.2) is 0 Å². The summed E-state index contributed by atoms with van der Waals surface area (Å²) in [5.74, 6) is 0.536. The van der Waals surface area contributed by atoms with Crippen molar-refractivity contribution >= 4 is 40.2 Å². The van der Waals surface area contributed by atoms with Gasteiger partial charge in [-0.15, -0.1) is 0 Å². The number of rotatable bonds is 1. The van der Waals surface area contributed by atoms with E-state index in [2.05, 4.69) is 15.0 Å². The van der Waals surface area contributed by atoms with Crippen LogP contribution in [0.3, 0.4) is 0 Å². The molecule has 3 heterocycles. The van der Waals surface area contributed by atoms with E-state index in [1.54, 1.807) is 23.4 Å². The van der Waals surface area contributed by atoms with Gasteiger partial charge >= 0.3 is 6.09 Å². The molecule has 2 N–H and O–H groups in total. The molecular formula is C21H22ClN5O3.